The minimum absolute atomic E-state index is 0.134. The van der Waals surface area contributed by atoms with E-state index in [4.69, 9.17) is 10.3 Å². The molecular weight excluding hydrogens is 240 g/mol. The van der Waals surface area contributed by atoms with Crippen LogP contribution in [0.4, 0.5) is 5.69 Å². The lowest BCUT2D eigenvalue weighted by atomic mass is 9.98. The van der Waals surface area contributed by atoms with Gasteiger partial charge in [0.15, 0.2) is 0 Å². The van der Waals surface area contributed by atoms with Crippen LogP contribution in [-0.2, 0) is 11.2 Å². The summed E-state index contributed by atoms with van der Waals surface area (Å²) in [5, 5.41) is 10.8. The number of rotatable bonds is 9. The van der Waals surface area contributed by atoms with Gasteiger partial charge in [-0.05, 0) is 36.3 Å². The van der Waals surface area contributed by atoms with Crippen molar-refractivity contribution in [1.82, 2.24) is 0 Å². The fourth-order valence-corrected chi connectivity index (χ4v) is 1.90. The van der Waals surface area contributed by atoms with Crippen LogP contribution >= 0.6 is 0 Å². The summed E-state index contributed by atoms with van der Waals surface area (Å²) in [4.78, 5) is 0.134. The van der Waals surface area contributed by atoms with E-state index in [2.05, 4.69) is 13.8 Å². The van der Waals surface area contributed by atoms with Crippen molar-refractivity contribution in [3.8, 4) is 0 Å². The first-order chi connectivity index (χ1) is 9.13. The Bertz CT molecular complexity index is 376. The fourth-order valence-electron chi connectivity index (χ4n) is 1.90. The van der Waals surface area contributed by atoms with Crippen LogP contribution in [0.3, 0.4) is 0 Å². The molecule has 0 radical (unpaired) electrons. The van der Waals surface area contributed by atoms with Crippen LogP contribution in [0.1, 0.15) is 38.7 Å². The molecule has 4 heteroatoms. The van der Waals surface area contributed by atoms with Crippen molar-refractivity contribution in [3.05, 3.63) is 35.0 Å². The zero-order valence-corrected chi connectivity index (χ0v) is 11.9. The van der Waals surface area contributed by atoms with E-state index in [1.54, 1.807) is 12.1 Å². The Balaban J connectivity index is 2.27. The third-order valence-corrected chi connectivity index (χ3v) is 3.15. The smallest absolute Gasteiger partial charge is 0.244 e. The molecule has 0 heterocycles. The fraction of sp³-hybridized carbons (Fsp3) is 0.600. The third kappa shape index (κ3) is 6.34. The topological polar surface area (TPSA) is 59.2 Å². The second-order valence-corrected chi connectivity index (χ2v) is 5.02. The van der Waals surface area contributed by atoms with Crippen LogP contribution in [0.5, 0.6) is 0 Å². The van der Waals surface area contributed by atoms with E-state index in [-0.39, 0.29) is 4.86 Å². The summed E-state index contributed by atoms with van der Waals surface area (Å²) in [5.74, 6) is 0.562. The number of ether oxygens (including phenoxy) is 1. The molecule has 106 valence electrons. The highest BCUT2D eigenvalue weighted by atomic mass is 16.5. The monoisotopic (exact) mass is 264 g/mol. The molecule has 0 aliphatic rings. The Labute approximate surface area is 115 Å². The van der Waals surface area contributed by atoms with Crippen molar-refractivity contribution in [3.63, 3.8) is 0 Å². The first kappa shape index (κ1) is 15.6. The molecule has 0 amide bonds. The molecular formula is C15H24N2O2. The van der Waals surface area contributed by atoms with Gasteiger partial charge in [0.1, 0.15) is 0 Å². The Kier molecular flexibility index (Phi) is 7.11. The molecule has 0 aliphatic carbocycles. The molecule has 19 heavy (non-hydrogen) atoms. The van der Waals surface area contributed by atoms with Crippen molar-refractivity contribution >= 4 is 5.69 Å². The summed E-state index contributed by atoms with van der Waals surface area (Å²) in [6, 6.07) is 7.23. The first-order valence-electron chi connectivity index (χ1n) is 6.98. The van der Waals surface area contributed by atoms with Gasteiger partial charge in [0.05, 0.1) is 0 Å². The number of nitrogens with one attached hydrogen (secondary N) is 1. The van der Waals surface area contributed by atoms with E-state index in [1.165, 1.54) is 12.0 Å². The number of benzene rings is 1. The van der Waals surface area contributed by atoms with E-state index in [9.17, 15) is 5.21 Å². The standard InChI is InChI=1S/C15H24N2O2/c1-3-4-10-19-11-9-13(2)12-14-5-7-15(8-6-14)17(16)18/h5-8,13,16H,3-4,9-12H2,1-2H3. The van der Waals surface area contributed by atoms with Gasteiger partial charge < -0.3 is 9.94 Å². The predicted octanol–water partition coefficient (Wildman–Crippen LogP) is 4.24. The highest BCUT2D eigenvalue weighted by Gasteiger charge is 2.06. The highest BCUT2D eigenvalue weighted by Crippen LogP contribution is 2.16. The van der Waals surface area contributed by atoms with Crippen LogP contribution in [0, 0.1) is 16.7 Å². The van der Waals surface area contributed by atoms with Gasteiger partial charge in [0.25, 0.3) is 0 Å². The lowest BCUT2D eigenvalue weighted by molar-refractivity contribution is -0.465. The molecule has 1 unspecified atom stereocenters. The van der Waals surface area contributed by atoms with E-state index >= 15 is 0 Å². The minimum atomic E-state index is 0.134. The molecule has 1 aromatic carbocycles. The molecule has 0 spiro atoms. The summed E-state index contributed by atoms with van der Waals surface area (Å²) in [5.41, 5.74) is 8.51. The maximum absolute atomic E-state index is 10.8. The Morgan fingerprint density at radius 1 is 1.26 bits per heavy atom. The summed E-state index contributed by atoms with van der Waals surface area (Å²) in [6.45, 7) is 6.05. The van der Waals surface area contributed by atoms with Gasteiger partial charge in [-0.1, -0.05) is 37.3 Å². The molecule has 0 aliphatic heterocycles. The van der Waals surface area contributed by atoms with Gasteiger partial charge >= 0.3 is 0 Å². The second kappa shape index (κ2) is 8.64. The molecule has 0 aromatic heterocycles. The van der Waals surface area contributed by atoms with Crippen LogP contribution in [-0.4, -0.2) is 18.1 Å². The molecule has 0 saturated carbocycles. The van der Waals surface area contributed by atoms with E-state index < -0.39 is 0 Å². The minimum Gasteiger partial charge on any atom is -0.594 e. The number of hydrogen-bond donors (Lipinski definition) is 1. The van der Waals surface area contributed by atoms with E-state index in [1.807, 2.05) is 12.1 Å². The Morgan fingerprint density at radius 2 is 1.95 bits per heavy atom. The zero-order chi connectivity index (χ0) is 14.1. The van der Waals surface area contributed by atoms with E-state index in [0.29, 0.717) is 11.6 Å². The summed E-state index contributed by atoms with van der Waals surface area (Å²) in [7, 11) is 0. The van der Waals surface area contributed by atoms with Crippen molar-refractivity contribution in [1.29, 1.82) is 5.53 Å². The maximum Gasteiger partial charge on any atom is 0.244 e. The summed E-state index contributed by atoms with van der Waals surface area (Å²) < 4.78 is 5.56. The van der Waals surface area contributed by atoms with Crippen LogP contribution in [0.2, 0.25) is 0 Å². The SMILES string of the molecule is CCCCOCCC(C)Cc1ccc([N+](=N)[O-])cc1. The molecule has 1 N–H and O–H groups in total. The van der Waals surface area contributed by atoms with Crippen molar-refractivity contribution in [2.24, 2.45) is 5.92 Å². The average Bonchev–Trinajstić information content (AvgIpc) is 2.39. The zero-order valence-electron chi connectivity index (χ0n) is 11.9. The van der Waals surface area contributed by atoms with Gasteiger partial charge in [0, 0.05) is 25.3 Å². The summed E-state index contributed by atoms with van der Waals surface area (Å²) in [6.07, 6.45) is 4.34. The third-order valence-electron chi connectivity index (χ3n) is 3.15. The van der Waals surface area contributed by atoms with Crippen molar-refractivity contribution < 1.29 is 9.60 Å². The van der Waals surface area contributed by atoms with Crippen LogP contribution in [0.15, 0.2) is 24.3 Å². The summed E-state index contributed by atoms with van der Waals surface area (Å²) >= 11 is 0. The van der Waals surface area contributed by atoms with Gasteiger partial charge in [-0.15, -0.1) is 0 Å². The highest BCUT2D eigenvalue weighted by molar-refractivity contribution is 5.32. The van der Waals surface area contributed by atoms with Gasteiger partial charge in [0.2, 0.25) is 5.69 Å². The Hall–Kier alpha value is -1.42. The average molecular weight is 264 g/mol. The number of unbranched alkanes of at least 4 members (excludes halogenated alkanes) is 1. The van der Waals surface area contributed by atoms with Gasteiger partial charge in [-0.25, -0.2) is 0 Å². The lowest BCUT2D eigenvalue weighted by Gasteiger charge is -2.11. The normalized spacial score (nSPS) is 12.3. The quantitative estimate of drug-likeness (QED) is 0.314. The lowest BCUT2D eigenvalue weighted by Crippen LogP contribution is -2.05. The Morgan fingerprint density at radius 3 is 2.53 bits per heavy atom. The molecule has 1 aromatic rings. The number of hydrogen-bond acceptors (Lipinski definition) is 3. The van der Waals surface area contributed by atoms with Crippen molar-refractivity contribution in [2.45, 2.75) is 39.5 Å². The van der Waals surface area contributed by atoms with Gasteiger partial charge in [-0.3, -0.25) is 0 Å². The molecule has 1 rings (SSSR count). The van der Waals surface area contributed by atoms with Gasteiger partial charge in [-0.2, -0.15) is 0 Å². The molecule has 0 bridgehead atoms. The van der Waals surface area contributed by atoms with E-state index in [0.717, 1.165) is 32.5 Å². The second-order valence-electron chi connectivity index (χ2n) is 5.02. The number of nitrogens with zero attached hydrogens (tertiary/aromatic N) is 1. The van der Waals surface area contributed by atoms with Crippen molar-refractivity contribution in [2.75, 3.05) is 13.2 Å². The largest absolute Gasteiger partial charge is 0.594 e. The predicted molar refractivity (Wildman–Crippen MR) is 75.7 cm³/mol. The van der Waals surface area contributed by atoms with Crippen LogP contribution < -0.4 is 0 Å². The molecule has 1 atom stereocenters. The first-order valence-corrected chi connectivity index (χ1v) is 6.98. The molecule has 0 fully saturated rings. The maximum atomic E-state index is 10.8. The molecule has 4 nitrogen and oxygen atoms in total. The van der Waals surface area contributed by atoms with Crippen LogP contribution in [0.25, 0.3) is 0 Å². The molecule has 0 saturated heterocycles.